The molecule has 0 saturated carbocycles. The van der Waals surface area contributed by atoms with Gasteiger partial charge in [-0.2, -0.15) is 5.10 Å². The summed E-state index contributed by atoms with van der Waals surface area (Å²) < 4.78 is 29.7. The van der Waals surface area contributed by atoms with Crippen molar-refractivity contribution in [3.05, 3.63) is 59.1 Å². The third kappa shape index (κ3) is 2.07. The molecular weight excluding hydrogens is 320 g/mol. The molecule has 0 radical (unpaired) electrons. The summed E-state index contributed by atoms with van der Waals surface area (Å²) in [5.41, 5.74) is 1.03. The second-order valence-corrected chi connectivity index (χ2v) is 5.25. The van der Waals surface area contributed by atoms with Crippen LogP contribution < -0.4 is 0 Å². The quantitative estimate of drug-likeness (QED) is 0.551. The van der Waals surface area contributed by atoms with E-state index in [1.54, 1.807) is 18.5 Å². The molecule has 2 N–H and O–H groups in total. The van der Waals surface area contributed by atoms with Gasteiger partial charge in [-0.25, -0.2) is 13.8 Å². The average molecular weight is 329 g/mol. The zero-order chi connectivity index (χ0) is 16.0. The molecule has 0 aliphatic carbocycles. The first-order valence-corrected chi connectivity index (χ1v) is 7.12. The van der Waals surface area contributed by atoms with E-state index in [0.717, 1.165) is 5.39 Å². The summed E-state index contributed by atoms with van der Waals surface area (Å²) in [6.07, 6.45) is 3.33. The summed E-state index contributed by atoms with van der Waals surface area (Å²) in [6.45, 7) is 0. The highest BCUT2D eigenvalue weighted by molar-refractivity contribution is 7.71. The number of para-hydroxylation sites is 1. The molecule has 23 heavy (non-hydrogen) atoms. The number of benzene rings is 1. The Balaban J connectivity index is 2.05. The maximum Gasteiger partial charge on any atom is 0.200 e. The smallest absolute Gasteiger partial charge is 0.200 e. The minimum atomic E-state index is -0.721. The van der Waals surface area contributed by atoms with Gasteiger partial charge in [0.25, 0.3) is 0 Å². The third-order valence-corrected chi connectivity index (χ3v) is 3.80. The second kappa shape index (κ2) is 5.10. The molecule has 0 spiro atoms. The van der Waals surface area contributed by atoms with Crippen LogP contribution in [0, 0.1) is 16.4 Å². The van der Waals surface area contributed by atoms with Crippen molar-refractivity contribution in [1.29, 1.82) is 0 Å². The van der Waals surface area contributed by atoms with E-state index in [4.69, 9.17) is 12.2 Å². The molecule has 0 atom stereocenters. The molecule has 0 aliphatic heterocycles. The Morgan fingerprint density at radius 1 is 1.09 bits per heavy atom. The predicted octanol–water partition coefficient (Wildman–Crippen LogP) is 3.75. The fraction of sp³-hybridized carbons (Fsp3) is 0. The lowest BCUT2D eigenvalue weighted by atomic mass is 10.2. The van der Waals surface area contributed by atoms with Gasteiger partial charge >= 0.3 is 0 Å². The van der Waals surface area contributed by atoms with E-state index in [2.05, 4.69) is 20.2 Å². The predicted molar refractivity (Wildman–Crippen MR) is 83.8 cm³/mol. The molecule has 0 amide bonds. The van der Waals surface area contributed by atoms with Crippen molar-refractivity contribution in [3.63, 3.8) is 0 Å². The van der Waals surface area contributed by atoms with Gasteiger partial charge in [0, 0.05) is 23.3 Å². The van der Waals surface area contributed by atoms with Crippen LogP contribution >= 0.6 is 12.2 Å². The van der Waals surface area contributed by atoms with Crippen molar-refractivity contribution < 1.29 is 8.78 Å². The number of aromatic amines is 2. The Morgan fingerprint density at radius 2 is 1.87 bits per heavy atom. The first kappa shape index (κ1) is 13.8. The van der Waals surface area contributed by atoms with Gasteiger partial charge < -0.3 is 4.98 Å². The average Bonchev–Trinajstić information content (AvgIpc) is 3.12. The highest BCUT2D eigenvalue weighted by Crippen LogP contribution is 2.29. The Bertz CT molecular complexity index is 1060. The summed E-state index contributed by atoms with van der Waals surface area (Å²) in [7, 11) is 0. The van der Waals surface area contributed by atoms with Crippen LogP contribution in [-0.4, -0.2) is 24.7 Å². The third-order valence-electron chi connectivity index (χ3n) is 3.53. The molecule has 0 bridgehead atoms. The molecule has 0 saturated heterocycles. The number of rotatable bonds is 2. The van der Waals surface area contributed by atoms with Crippen LogP contribution in [0.2, 0.25) is 0 Å². The van der Waals surface area contributed by atoms with E-state index in [0.29, 0.717) is 17.0 Å². The van der Waals surface area contributed by atoms with Crippen LogP contribution in [-0.2, 0) is 0 Å². The normalized spacial score (nSPS) is 11.2. The van der Waals surface area contributed by atoms with E-state index in [1.807, 2.05) is 6.07 Å². The van der Waals surface area contributed by atoms with E-state index in [1.165, 1.54) is 22.8 Å². The van der Waals surface area contributed by atoms with Crippen LogP contribution in [0.25, 0.3) is 28.1 Å². The van der Waals surface area contributed by atoms with Crippen molar-refractivity contribution in [2.45, 2.75) is 0 Å². The van der Waals surface area contributed by atoms with Crippen molar-refractivity contribution in [1.82, 2.24) is 24.7 Å². The molecule has 114 valence electrons. The zero-order valence-electron chi connectivity index (χ0n) is 11.5. The molecule has 3 heterocycles. The highest BCUT2D eigenvalue weighted by Gasteiger charge is 2.20. The fourth-order valence-electron chi connectivity index (χ4n) is 2.53. The van der Waals surface area contributed by atoms with Crippen molar-refractivity contribution in [2.75, 3.05) is 0 Å². The Labute approximate surface area is 133 Å². The van der Waals surface area contributed by atoms with Gasteiger partial charge in [0.1, 0.15) is 23.0 Å². The van der Waals surface area contributed by atoms with Gasteiger partial charge in [-0.1, -0.05) is 6.07 Å². The standard InChI is InChI=1S/C15H9F2N5S/c16-10-4-1-5-11(17)12(10)22-14(20-21-15(22)23)9-7-19-13-8(9)3-2-6-18-13/h1-7H,(H,18,19)(H,21,23). The SMILES string of the molecule is Fc1cccc(F)c1-n1c(-c2c[nH]c3ncccc23)n[nH]c1=S. The summed E-state index contributed by atoms with van der Waals surface area (Å²) in [6, 6.07) is 7.26. The number of nitrogens with zero attached hydrogens (tertiary/aromatic N) is 3. The van der Waals surface area contributed by atoms with Crippen molar-refractivity contribution in [2.24, 2.45) is 0 Å². The largest absolute Gasteiger partial charge is 0.345 e. The van der Waals surface area contributed by atoms with E-state index >= 15 is 0 Å². The van der Waals surface area contributed by atoms with E-state index in [-0.39, 0.29) is 10.5 Å². The van der Waals surface area contributed by atoms with Gasteiger partial charge in [-0.05, 0) is 36.5 Å². The summed E-state index contributed by atoms with van der Waals surface area (Å²) >= 11 is 5.16. The molecule has 8 heteroatoms. The minimum absolute atomic E-state index is 0.0993. The molecule has 3 aromatic heterocycles. The number of pyridine rings is 1. The van der Waals surface area contributed by atoms with Crippen LogP contribution in [0.3, 0.4) is 0 Å². The Morgan fingerprint density at radius 3 is 2.65 bits per heavy atom. The molecular formula is C15H9F2N5S. The van der Waals surface area contributed by atoms with Crippen molar-refractivity contribution in [3.8, 4) is 17.1 Å². The van der Waals surface area contributed by atoms with E-state index in [9.17, 15) is 8.78 Å². The van der Waals surface area contributed by atoms with Gasteiger partial charge in [-0.15, -0.1) is 0 Å². The monoisotopic (exact) mass is 329 g/mol. The number of aromatic nitrogens is 5. The lowest BCUT2D eigenvalue weighted by molar-refractivity contribution is 0.569. The first-order chi connectivity index (χ1) is 11.2. The number of nitrogens with one attached hydrogen (secondary N) is 2. The van der Waals surface area contributed by atoms with Gasteiger partial charge in [0.05, 0.1) is 0 Å². The maximum atomic E-state index is 14.2. The minimum Gasteiger partial charge on any atom is -0.345 e. The topological polar surface area (TPSA) is 62.3 Å². The van der Waals surface area contributed by atoms with Crippen molar-refractivity contribution >= 4 is 23.3 Å². The van der Waals surface area contributed by atoms with Crippen LogP contribution in [0.15, 0.2) is 42.7 Å². The van der Waals surface area contributed by atoms with Crippen LogP contribution in [0.4, 0.5) is 8.78 Å². The summed E-state index contributed by atoms with van der Waals surface area (Å²) in [5.74, 6) is -1.14. The number of halogens is 2. The molecule has 4 aromatic rings. The van der Waals surface area contributed by atoms with Gasteiger partial charge in [0.2, 0.25) is 0 Å². The van der Waals surface area contributed by atoms with E-state index < -0.39 is 11.6 Å². The maximum absolute atomic E-state index is 14.2. The second-order valence-electron chi connectivity index (χ2n) is 4.86. The fourth-order valence-corrected chi connectivity index (χ4v) is 2.75. The highest BCUT2D eigenvalue weighted by atomic mass is 32.1. The lowest BCUT2D eigenvalue weighted by Gasteiger charge is -2.08. The first-order valence-electron chi connectivity index (χ1n) is 6.71. The number of hydrogen-bond donors (Lipinski definition) is 2. The molecule has 5 nitrogen and oxygen atoms in total. The number of hydrogen-bond acceptors (Lipinski definition) is 3. The molecule has 1 aromatic carbocycles. The Hall–Kier alpha value is -2.87. The van der Waals surface area contributed by atoms with Crippen LogP contribution in [0.1, 0.15) is 0 Å². The van der Waals surface area contributed by atoms with Gasteiger partial charge in [-0.3, -0.25) is 9.67 Å². The number of fused-ring (bicyclic) bond motifs is 1. The molecule has 0 aliphatic rings. The van der Waals surface area contributed by atoms with Gasteiger partial charge in [0.15, 0.2) is 10.6 Å². The summed E-state index contributed by atoms with van der Waals surface area (Å²) in [4.78, 5) is 7.20. The lowest BCUT2D eigenvalue weighted by Crippen LogP contribution is -2.03. The molecule has 4 rings (SSSR count). The Kier molecular flexibility index (Phi) is 3.05. The molecule has 0 fully saturated rings. The zero-order valence-corrected chi connectivity index (χ0v) is 12.4. The molecule has 0 unspecified atom stereocenters. The number of H-pyrrole nitrogens is 2. The van der Waals surface area contributed by atoms with Crippen LogP contribution in [0.5, 0.6) is 0 Å². The summed E-state index contributed by atoms with van der Waals surface area (Å²) in [5, 5.41) is 7.50.